The van der Waals surface area contributed by atoms with Crippen LogP contribution < -0.4 is 10.2 Å². The summed E-state index contributed by atoms with van der Waals surface area (Å²) in [5, 5.41) is 3.43. The summed E-state index contributed by atoms with van der Waals surface area (Å²) in [7, 11) is 0. The Morgan fingerprint density at radius 3 is 2.74 bits per heavy atom. The highest BCUT2D eigenvalue weighted by Crippen LogP contribution is 2.15. The van der Waals surface area contributed by atoms with E-state index in [4.69, 9.17) is 16.3 Å². The van der Waals surface area contributed by atoms with E-state index >= 15 is 0 Å². The number of ether oxygens (including phenoxy) is 1. The Morgan fingerprint density at radius 2 is 2.00 bits per heavy atom. The van der Waals surface area contributed by atoms with E-state index in [-0.39, 0.29) is 5.28 Å². The molecule has 1 aromatic heterocycles. The van der Waals surface area contributed by atoms with Gasteiger partial charge in [-0.05, 0) is 18.0 Å². The van der Waals surface area contributed by atoms with Crippen LogP contribution >= 0.6 is 11.6 Å². The van der Waals surface area contributed by atoms with Gasteiger partial charge in [-0.15, -0.1) is 0 Å². The molecule has 7 heteroatoms. The van der Waals surface area contributed by atoms with E-state index in [9.17, 15) is 0 Å². The Hall–Kier alpha value is -1.14. The van der Waals surface area contributed by atoms with Crippen LogP contribution in [0.2, 0.25) is 5.28 Å². The molecule has 0 aliphatic carbocycles. The highest BCUT2D eigenvalue weighted by atomic mass is 35.5. The molecule has 1 N–H and O–H groups in total. The maximum atomic E-state index is 5.95. The Morgan fingerprint density at radius 1 is 1.21 bits per heavy atom. The van der Waals surface area contributed by atoms with Gasteiger partial charge in [-0.1, -0.05) is 19.8 Å². The van der Waals surface area contributed by atoms with Gasteiger partial charge in [0.25, 0.3) is 0 Å². The van der Waals surface area contributed by atoms with Crippen molar-refractivity contribution in [1.29, 1.82) is 0 Å². The molecule has 1 aliphatic heterocycles. The second-order valence-electron chi connectivity index (χ2n) is 4.46. The van der Waals surface area contributed by atoms with Crippen LogP contribution in [-0.2, 0) is 4.74 Å². The van der Waals surface area contributed by atoms with Crippen molar-refractivity contribution in [3.05, 3.63) is 5.28 Å². The summed E-state index contributed by atoms with van der Waals surface area (Å²) in [6, 6.07) is 0. The number of unbranched alkanes of at least 4 members (excludes halogenated alkanes) is 2. The highest BCUT2D eigenvalue weighted by molar-refractivity contribution is 6.28. The van der Waals surface area contributed by atoms with Crippen LogP contribution in [0.5, 0.6) is 0 Å². The third-order valence-electron chi connectivity index (χ3n) is 2.95. The van der Waals surface area contributed by atoms with Gasteiger partial charge in [0.05, 0.1) is 13.2 Å². The van der Waals surface area contributed by atoms with Crippen LogP contribution in [0, 0.1) is 0 Å². The van der Waals surface area contributed by atoms with Gasteiger partial charge in [0.2, 0.25) is 17.2 Å². The number of rotatable bonds is 6. The number of hydrogen-bond acceptors (Lipinski definition) is 6. The topological polar surface area (TPSA) is 63.2 Å². The maximum Gasteiger partial charge on any atom is 0.231 e. The monoisotopic (exact) mass is 285 g/mol. The summed E-state index contributed by atoms with van der Waals surface area (Å²) < 4.78 is 5.31. The van der Waals surface area contributed by atoms with E-state index in [0.29, 0.717) is 25.1 Å². The van der Waals surface area contributed by atoms with Crippen molar-refractivity contribution >= 4 is 23.5 Å². The van der Waals surface area contributed by atoms with Gasteiger partial charge in [-0.2, -0.15) is 15.0 Å². The van der Waals surface area contributed by atoms with Crippen molar-refractivity contribution in [3.8, 4) is 0 Å². The number of anilines is 2. The molecule has 0 radical (unpaired) electrons. The van der Waals surface area contributed by atoms with Gasteiger partial charge in [-0.25, -0.2) is 0 Å². The minimum Gasteiger partial charge on any atom is -0.378 e. The Bertz CT molecular complexity index is 398. The predicted molar refractivity (Wildman–Crippen MR) is 75.9 cm³/mol. The zero-order valence-electron chi connectivity index (χ0n) is 11.2. The lowest BCUT2D eigenvalue weighted by molar-refractivity contribution is 0.122. The van der Waals surface area contributed by atoms with E-state index in [1.54, 1.807) is 0 Å². The van der Waals surface area contributed by atoms with E-state index in [1.807, 2.05) is 0 Å². The average molecular weight is 286 g/mol. The zero-order chi connectivity index (χ0) is 13.5. The first kappa shape index (κ1) is 14.3. The van der Waals surface area contributed by atoms with Crippen molar-refractivity contribution in [3.63, 3.8) is 0 Å². The zero-order valence-corrected chi connectivity index (χ0v) is 12.0. The van der Waals surface area contributed by atoms with Crippen molar-refractivity contribution in [2.75, 3.05) is 43.1 Å². The second kappa shape index (κ2) is 7.45. The molecule has 0 bridgehead atoms. The van der Waals surface area contributed by atoms with E-state index in [2.05, 4.69) is 32.1 Å². The highest BCUT2D eigenvalue weighted by Gasteiger charge is 2.15. The molecular formula is C12H20ClN5O. The van der Waals surface area contributed by atoms with Crippen molar-refractivity contribution in [1.82, 2.24) is 15.0 Å². The molecule has 0 saturated carbocycles. The smallest absolute Gasteiger partial charge is 0.231 e. The lowest BCUT2D eigenvalue weighted by Crippen LogP contribution is -2.37. The first-order chi connectivity index (χ1) is 9.29. The summed E-state index contributed by atoms with van der Waals surface area (Å²) in [6.45, 7) is 6.00. The summed E-state index contributed by atoms with van der Waals surface area (Å²) in [5.41, 5.74) is 0. The number of nitrogens with zero attached hydrogens (tertiary/aromatic N) is 4. The van der Waals surface area contributed by atoms with Crippen molar-refractivity contribution in [2.45, 2.75) is 26.2 Å². The summed E-state index contributed by atoms with van der Waals surface area (Å²) in [5.74, 6) is 1.18. The number of nitrogens with one attached hydrogen (secondary N) is 1. The van der Waals surface area contributed by atoms with E-state index in [0.717, 1.165) is 26.1 Å². The normalized spacial score (nSPS) is 15.6. The van der Waals surface area contributed by atoms with Crippen LogP contribution in [0.3, 0.4) is 0 Å². The van der Waals surface area contributed by atoms with Gasteiger partial charge >= 0.3 is 0 Å². The van der Waals surface area contributed by atoms with Gasteiger partial charge in [0.15, 0.2) is 0 Å². The molecule has 6 nitrogen and oxygen atoms in total. The number of halogens is 1. The predicted octanol–water partition coefficient (Wildman–Crippen LogP) is 1.96. The minimum atomic E-state index is 0.231. The molecule has 0 atom stereocenters. The molecule has 1 saturated heterocycles. The molecule has 19 heavy (non-hydrogen) atoms. The lowest BCUT2D eigenvalue weighted by atomic mass is 10.2. The Balaban J connectivity index is 1.97. The van der Waals surface area contributed by atoms with Crippen LogP contribution in [0.15, 0.2) is 0 Å². The molecular weight excluding hydrogens is 266 g/mol. The van der Waals surface area contributed by atoms with E-state index in [1.165, 1.54) is 12.8 Å². The molecule has 1 fully saturated rings. The Kier molecular flexibility index (Phi) is 5.60. The molecule has 0 spiro atoms. The molecule has 1 aromatic rings. The SMILES string of the molecule is CCCCCNc1nc(Cl)nc(N2CCOCC2)n1. The largest absolute Gasteiger partial charge is 0.378 e. The molecule has 0 aromatic carbocycles. The molecule has 2 heterocycles. The van der Waals surface area contributed by atoms with Crippen LogP contribution in [0.1, 0.15) is 26.2 Å². The van der Waals surface area contributed by atoms with E-state index < -0.39 is 0 Å². The first-order valence-electron chi connectivity index (χ1n) is 6.77. The lowest BCUT2D eigenvalue weighted by Gasteiger charge is -2.26. The Labute approximate surface area is 118 Å². The van der Waals surface area contributed by atoms with Crippen molar-refractivity contribution in [2.24, 2.45) is 0 Å². The van der Waals surface area contributed by atoms with Crippen LogP contribution in [0.25, 0.3) is 0 Å². The van der Waals surface area contributed by atoms with Crippen molar-refractivity contribution < 1.29 is 4.74 Å². The summed E-state index contributed by atoms with van der Waals surface area (Å²) >= 11 is 5.95. The number of hydrogen-bond donors (Lipinski definition) is 1. The molecule has 0 unspecified atom stereocenters. The second-order valence-corrected chi connectivity index (χ2v) is 4.80. The molecule has 2 rings (SSSR count). The fourth-order valence-corrected chi connectivity index (χ4v) is 2.05. The third-order valence-corrected chi connectivity index (χ3v) is 3.12. The van der Waals surface area contributed by atoms with Gasteiger partial charge in [0.1, 0.15) is 0 Å². The van der Waals surface area contributed by atoms with Crippen LogP contribution in [-0.4, -0.2) is 47.8 Å². The fraction of sp³-hybridized carbons (Fsp3) is 0.750. The number of morpholine rings is 1. The quantitative estimate of drug-likeness (QED) is 0.806. The maximum absolute atomic E-state index is 5.95. The average Bonchev–Trinajstić information content (AvgIpc) is 2.44. The molecule has 106 valence electrons. The van der Waals surface area contributed by atoms with Gasteiger partial charge < -0.3 is 15.0 Å². The fourth-order valence-electron chi connectivity index (χ4n) is 1.90. The molecule has 1 aliphatic rings. The minimum absolute atomic E-state index is 0.231. The van der Waals surface area contributed by atoms with Gasteiger partial charge in [0, 0.05) is 19.6 Å². The summed E-state index contributed by atoms with van der Waals surface area (Å²) in [6.07, 6.45) is 3.49. The van der Waals surface area contributed by atoms with Crippen LogP contribution in [0.4, 0.5) is 11.9 Å². The molecule has 0 amide bonds. The standard InChI is InChI=1S/C12H20ClN5O/c1-2-3-4-5-14-11-15-10(13)16-12(17-11)18-6-8-19-9-7-18/h2-9H2,1H3,(H,14,15,16,17). The number of aromatic nitrogens is 3. The third kappa shape index (κ3) is 4.47. The van der Waals surface area contributed by atoms with Gasteiger partial charge in [-0.3, -0.25) is 0 Å². The summed E-state index contributed by atoms with van der Waals surface area (Å²) in [4.78, 5) is 14.7. The first-order valence-corrected chi connectivity index (χ1v) is 7.15.